The lowest BCUT2D eigenvalue weighted by atomic mass is 9.62. The topological polar surface area (TPSA) is 90.4 Å². The molecule has 0 aromatic carbocycles. The van der Waals surface area contributed by atoms with Gasteiger partial charge in [0, 0.05) is 64.8 Å². The molecule has 2 aromatic heterocycles. The van der Waals surface area contributed by atoms with Crippen LogP contribution in [0.4, 0.5) is 30.5 Å². The van der Waals surface area contributed by atoms with E-state index in [1.165, 1.54) is 10.8 Å². The smallest absolute Gasteiger partial charge is 0.418 e. The number of anilines is 3. The molecule has 0 amide bonds. The molecule has 1 unspecified atom stereocenters. The van der Waals surface area contributed by atoms with Gasteiger partial charge in [0.1, 0.15) is 18.4 Å². The Morgan fingerprint density at radius 3 is 2.57 bits per heavy atom. The number of rotatable bonds is 12. The summed E-state index contributed by atoms with van der Waals surface area (Å²) in [7, 11) is 0.408. The number of ether oxygens (including phenoxy) is 3. The Morgan fingerprint density at radius 1 is 1.17 bits per heavy atom. The molecule has 14 heteroatoms. The standard InChI is InChI=1S/C28H40ClF3N6O3Si/c1-39-19-12-27(13-19)16-37(17-27)23-7-6-22(33)24(35-23)41-9-5-8-38-25-20(14-34-26(38)29)21(28(30,31)32)15-36(25)18-40-10-11-42(2,3)4/h6-7,14-15,19,26H,5,8-13,16-18,33H2,1-4H3. The summed E-state index contributed by atoms with van der Waals surface area (Å²) in [5, 5.41) is 0. The molecule has 3 aliphatic rings. The van der Waals surface area contributed by atoms with E-state index in [0.717, 1.165) is 44.0 Å². The first kappa shape index (κ1) is 31.0. The van der Waals surface area contributed by atoms with Crippen LogP contribution in [0.2, 0.25) is 25.7 Å². The van der Waals surface area contributed by atoms with E-state index in [2.05, 4.69) is 34.5 Å². The minimum atomic E-state index is -4.54. The maximum absolute atomic E-state index is 13.9. The average Bonchev–Trinajstić information content (AvgIpc) is 3.24. The van der Waals surface area contributed by atoms with Gasteiger partial charge < -0.3 is 34.3 Å². The number of pyridine rings is 1. The molecule has 1 atom stereocenters. The van der Waals surface area contributed by atoms with Crippen molar-refractivity contribution in [3.8, 4) is 5.88 Å². The van der Waals surface area contributed by atoms with Gasteiger partial charge in [0.05, 0.1) is 24.0 Å². The van der Waals surface area contributed by atoms with Crippen LogP contribution < -0.4 is 20.3 Å². The molecular formula is C28H40ClF3N6O3Si. The number of methoxy groups -OCH3 is 1. The molecule has 0 radical (unpaired) electrons. The minimum absolute atomic E-state index is 0.00943. The third-order valence-electron chi connectivity index (χ3n) is 8.16. The van der Waals surface area contributed by atoms with E-state index in [4.69, 9.17) is 31.5 Å². The van der Waals surface area contributed by atoms with Gasteiger partial charge in [0.15, 0.2) is 5.62 Å². The molecular weight excluding hydrogens is 589 g/mol. The Bertz CT molecular complexity index is 1290. The molecule has 232 valence electrons. The molecule has 2 aliphatic heterocycles. The first-order chi connectivity index (χ1) is 19.8. The van der Waals surface area contributed by atoms with Gasteiger partial charge in [-0.15, -0.1) is 0 Å². The fourth-order valence-electron chi connectivity index (χ4n) is 5.80. The molecule has 1 aliphatic carbocycles. The van der Waals surface area contributed by atoms with E-state index in [0.29, 0.717) is 48.5 Å². The van der Waals surface area contributed by atoms with E-state index in [-0.39, 0.29) is 18.9 Å². The van der Waals surface area contributed by atoms with Crippen molar-refractivity contribution < 1.29 is 27.4 Å². The Morgan fingerprint density at radius 2 is 1.90 bits per heavy atom. The van der Waals surface area contributed by atoms with E-state index in [9.17, 15) is 13.2 Å². The quantitative estimate of drug-likeness (QED) is 0.141. The number of aromatic nitrogens is 2. The molecule has 9 nitrogen and oxygen atoms in total. The van der Waals surface area contributed by atoms with Gasteiger partial charge in [-0.3, -0.25) is 4.99 Å². The third kappa shape index (κ3) is 6.68. The third-order valence-corrected chi connectivity index (χ3v) is 10.2. The summed E-state index contributed by atoms with van der Waals surface area (Å²) in [6.07, 6.45) is 0.695. The molecule has 5 rings (SSSR count). The number of hydrogen-bond acceptors (Lipinski definition) is 8. The van der Waals surface area contributed by atoms with Gasteiger partial charge in [0.25, 0.3) is 0 Å². The van der Waals surface area contributed by atoms with Crippen molar-refractivity contribution in [2.24, 2.45) is 10.4 Å². The highest BCUT2D eigenvalue weighted by Crippen LogP contribution is 2.50. The number of nitrogens with zero attached hydrogens (tertiary/aromatic N) is 5. The summed E-state index contributed by atoms with van der Waals surface area (Å²) in [5.74, 6) is 1.49. The number of alkyl halides is 4. The summed E-state index contributed by atoms with van der Waals surface area (Å²) >= 11 is 6.50. The lowest BCUT2D eigenvalue weighted by molar-refractivity contribution is -0.137. The normalized spacial score (nSPS) is 20.0. The Hall–Kier alpha value is -2.48. The van der Waals surface area contributed by atoms with Crippen LogP contribution in [0.5, 0.6) is 5.88 Å². The van der Waals surface area contributed by atoms with Crippen LogP contribution in [-0.2, 0) is 22.4 Å². The van der Waals surface area contributed by atoms with E-state index in [1.54, 1.807) is 18.1 Å². The van der Waals surface area contributed by atoms with Crippen molar-refractivity contribution >= 4 is 43.2 Å². The second-order valence-corrected chi connectivity index (χ2v) is 18.8. The maximum Gasteiger partial charge on any atom is 0.418 e. The van der Waals surface area contributed by atoms with Gasteiger partial charge in [-0.2, -0.15) is 18.2 Å². The van der Waals surface area contributed by atoms with Crippen LogP contribution in [0.1, 0.15) is 30.4 Å². The second kappa shape index (κ2) is 11.9. The van der Waals surface area contributed by atoms with Gasteiger partial charge in [0.2, 0.25) is 5.88 Å². The molecule has 1 spiro atoms. The van der Waals surface area contributed by atoms with Gasteiger partial charge in [-0.05, 0) is 37.4 Å². The SMILES string of the molecule is COC1CC2(C1)CN(c1ccc(N)c(OCCCN3c4c(c(C(F)(F)F)cn4COCC[Si](C)(C)C)C=NC3Cl)n1)C2. The number of nitrogen functional groups attached to an aromatic ring is 1. The first-order valence-electron chi connectivity index (χ1n) is 14.3. The van der Waals surface area contributed by atoms with E-state index >= 15 is 0 Å². The summed E-state index contributed by atoms with van der Waals surface area (Å²) in [6.45, 7) is 9.56. The van der Waals surface area contributed by atoms with Crippen LogP contribution >= 0.6 is 11.6 Å². The van der Waals surface area contributed by atoms with Crippen molar-refractivity contribution in [2.75, 3.05) is 55.5 Å². The zero-order chi connectivity index (χ0) is 30.3. The Balaban J connectivity index is 1.21. The number of halogens is 4. The molecule has 1 saturated carbocycles. The first-order valence-corrected chi connectivity index (χ1v) is 18.4. The van der Waals surface area contributed by atoms with Gasteiger partial charge in [-0.1, -0.05) is 31.2 Å². The Kier molecular flexibility index (Phi) is 8.77. The maximum atomic E-state index is 13.9. The zero-order valence-corrected chi connectivity index (χ0v) is 26.3. The molecule has 2 fully saturated rings. The zero-order valence-electron chi connectivity index (χ0n) is 24.6. The molecule has 4 heterocycles. The number of nitrogens with two attached hydrogens (primary N) is 1. The fourth-order valence-corrected chi connectivity index (χ4v) is 6.80. The highest BCUT2D eigenvalue weighted by atomic mass is 35.5. The number of hydrogen-bond donors (Lipinski definition) is 1. The molecule has 2 aromatic rings. The molecule has 2 N–H and O–H groups in total. The van der Waals surface area contributed by atoms with Gasteiger partial charge in [-0.25, -0.2) is 0 Å². The lowest BCUT2D eigenvalue weighted by Gasteiger charge is -2.59. The largest absolute Gasteiger partial charge is 0.476 e. The van der Waals surface area contributed by atoms with Crippen LogP contribution in [0.3, 0.4) is 0 Å². The Labute approximate surface area is 250 Å². The monoisotopic (exact) mass is 628 g/mol. The van der Waals surface area contributed by atoms with Crippen molar-refractivity contribution in [1.29, 1.82) is 0 Å². The van der Waals surface area contributed by atoms with Crippen molar-refractivity contribution in [3.05, 3.63) is 29.5 Å². The van der Waals surface area contributed by atoms with Crippen LogP contribution in [0.15, 0.2) is 23.3 Å². The summed E-state index contributed by atoms with van der Waals surface area (Å²) in [4.78, 5) is 12.6. The van der Waals surface area contributed by atoms with E-state index in [1.807, 2.05) is 6.07 Å². The highest BCUT2D eigenvalue weighted by Gasteiger charge is 2.53. The molecule has 42 heavy (non-hydrogen) atoms. The average molecular weight is 629 g/mol. The van der Waals surface area contributed by atoms with Crippen molar-refractivity contribution in [2.45, 2.75) is 69.6 Å². The summed E-state index contributed by atoms with van der Waals surface area (Å²) in [6, 6.07) is 4.59. The minimum Gasteiger partial charge on any atom is -0.476 e. The van der Waals surface area contributed by atoms with E-state index < -0.39 is 25.4 Å². The van der Waals surface area contributed by atoms with Crippen LogP contribution in [0.25, 0.3) is 0 Å². The predicted molar refractivity (Wildman–Crippen MR) is 162 cm³/mol. The van der Waals surface area contributed by atoms with Gasteiger partial charge >= 0.3 is 6.18 Å². The van der Waals surface area contributed by atoms with Crippen LogP contribution in [-0.4, -0.2) is 75.5 Å². The lowest BCUT2D eigenvalue weighted by Crippen LogP contribution is -2.64. The van der Waals surface area contributed by atoms with Crippen molar-refractivity contribution in [3.63, 3.8) is 0 Å². The molecule has 1 saturated heterocycles. The second-order valence-electron chi connectivity index (χ2n) is 12.8. The number of fused-ring (bicyclic) bond motifs is 1. The fraction of sp³-hybridized carbons (Fsp3) is 0.643. The molecule has 0 bridgehead atoms. The van der Waals surface area contributed by atoms with Crippen LogP contribution in [0, 0.1) is 5.41 Å². The number of aliphatic imine (C=N–C) groups is 1. The summed E-state index contributed by atoms with van der Waals surface area (Å²) < 4.78 is 60.3. The highest BCUT2D eigenvalue weighted by molar-refractivity contribution is 6.76. The summed E-state index contributed by atoms with van der Waals surface area (Å²) in [5.41, 5.74) is 5.26. The van der Waals surface area contributed by atoms with Crippen molar-refractivity contribution in [1.82, 2.24) is 9.55 Å². The predicted octanol–water partition coefficient (Wildman–Crippen LogP) is 5.64.